The first-order valence-electron chi connectivity index (χ1n) is 18.7. The third-order valence-electron chi connectivity index (χ3n) is 12.0. The third kappa shape index (κ3) is 4.62. The number of fused-ring (bicyclic) bond motifs is 11. The molecule has 0 amide bonds. The van der Waals surface area contributed by atoms with Crippen LogP contribution >= 0.6 is 0 Å². The van der Waals surface area contributed by atoms with Gasteiger partial charge in [-0.15, -0.1) is 0 Å². The van der Waals surface area contributed by atoms with Crippen molar-refractivity contribution < 1.29 is 0 Å². The summed E-state index contributed by atoms with van der Waals surface area (Å²) >= 11 is 0. The summed E-state index contributed by atoms with van der Waals surface area (Å²) in [4.78, 5) is 0. The lowest BCUT2D eigenvalue weighted by Crippen LogP contribution is -2.14. The van der Waals surface area contributed by atoms with Gasteiger partial charge in [0.1, 0.15) is 0 Å². The van der Waals surface area contributed by atoms with Crippen molar-refractivity contribution in [3.8, 4) is 44.5 Å². The second-order valence-corrected chi connectivity index (χ2v) is 15.3. The van der Waals surface area contributed by atoms with Crippen LogP contribution in [0.2, 0.25) is 0 Å². The molecule has 0 atom stereocenters. The zero-order valence-corrected chi connectivity index (χ0v) is 29.8. The average Bonchev–Trinajstić information content (AvgIpc) is 3.45. The first-order valence-corrected chi connectivity index (χ1v) is 18.7. The Bertz CT molecular complexity index is 3100. The first kappa shape index (κ1) is 30.2. The Morgan fingerprint density at radius 2 is 0.623 bits per heavy atom. The highest BCUT2D eigenvalue weighted by atomic mass is 14.4. The lowest BCUT2D eigenvalue weighted by atomic mass is 9.81. The lowest BCUT2D eigenvalue weighted by Gasteiger charge is -2.22. The minimum atomic E-state index is -0.00337. The number of rotatable bonds is 3. The van der Waals surface area contributed by atoms with Crippen LogP contribution in [0.15, 0.2) is 182 Å². The maximum Gasteiger partial charge on any atom is 0.0159 e. The van der Waals surface area contributed by atoms with Crippen LogP contribution in [0.25, 0.3) is 98.4 Å². The number of hydrogen-bond acceptors (Lipinski definition) is 0. The van der Waals surface area contributed by atoms with Crippen LogP contribution in [0, 0.1) is 0 Å². The molecule has 0 saturated carbocycles. The Morgan fingerprint density at radius 1 is 0.264 bits per heavy atom. The summed E-state index contributed by atoms with van der Waals surface area (Å²) in [7, 11) is 0. The van der Waals surface area contributed by atoms with Crippen LogP contribution in [0.1, 0.15) is 25.0 Å². The van der Waals surface area contributed by atoms with Gasteiger partial charge < -0.3 is 0 Å². The van der Waals surface area contributed by atoms with Crippen molar-refractivity contribution in [2.24, 2.45) is 0 Å². The molecule has 0 aromatic heterocycles. The van der Waals surface area contributed by atoms with Crippen LogP contribution in [-0.4, -0.2) is 0 Å². The largest absolute Gasteiger partial charge is 0.0619 e. The highest BCUT2D eigenvalue weighted by Gasteiger charge is 2.35. The predicted octanol–water partition coefficient (Wildman–Crippen LogP) is 14.8. The molecular weight excluding hydrogens is 637 g/mol. The van der Waals surface area contributed by atoms with Crippen LogP contribution in [0.5, 0.6) is 0 Å². The molecule has 0 unspecified atom stereocenters. The summed E-state index contributed by atoms with van der Waals surface area (Å²) in [6, 6.07) is 68.0. The minimum absolute atomic E-state index is 0.00337. The van der Waals surface area contributed by atoms with E-state index in [2.05, 4.69) is 196 Å². The fourth-order valence-corrected chi connectivity index (χ4v) is 9.18. The zero-order chi connectivity index (χ0) is 35.3. The van der Waals surface area contributed by atoms with Gasteiger partial charge in [0.25, 0.3) is 0 Å². The van der Waals surface area contributed by atoms with Crippen LogP contribution < -0.4 is 0 Å². The molecule has 53 heavy (non-hydrogen) atoms. The van der Waals surface area contributed by atoms with Gasteiger partial charge >= 0.3 is 0 Å². The van der Waals surface area contributed by atoms with Crippen molar-refractivity contribution in [2.45, 2.75) is 19.3 Å². The topological polar surface area (TPSA) is 0 Å². The van der Waals surface area contributed by atoms with Crippen molar-refractivity contribution in [1.82, 2.24) is 0 Å². The Labute approximate surface area is 309 Å². The summed E-state index contributed by atoms with van der Waals surface area (Å²) in [5, 5.41) is 12.9. The zero-order valence-electron chi connectivity index (χ0n) is 29.8. The molecule has 0 bridgehead atoms. The molecule has 0 spiro atoms. The van der Waals surface area contributed by atoms with Gasteiger partial charge in [0, 0.05) is 5.41 Å². The molecule has 0 aliphatic heterocycles. The van der Waals surface area contributed by atoms with Gasteiger partial charge in [0.05, 0.1) is 0 Å². The second-order valence-electron chi connectivity index (χ2n) is 15.3. The molecule has 10 aromatic rings. The van der Waals surface area contributed by atoms with E-state index in [4.69, 9.17) is 0 Å². The lowest BCUT2D eigenvalue weighted by molar-refractivity contribution is 0.660. The highest BCUT2D eigenvalue weighted by Crippen LogP contribution is 2.49. The molecule has 0 N–H and O–H groups in total. The Balaban J connectivity index is 0.915. The summed E-state index contributed by atoms with van der Waals surface area (Å²) in [6.45, 7) is 4.70. The molecule has 0 saturated heterocycles. The molecule has 0 nitrogen and oxygen atoms in total. The van der Waals surface area contributed by atoms with Gasteiger partial charge in [-0.2, -0.15) is 0 Å². The molecular formula is C53H36. The molecule has 248 valence electrons. The van der Waals surface area contributed by atoms with Crippen molar-refractivity contribution in [3.05, 3.63) is 193 Å². The maximum atomic E-state index is 2.41. The first-order chi connectivity index (χ1) is 26.0. The predicted molar refractivity (Wildman–Crippen MR) is 228 cm³/mol. The van der Waals surface area contributed by atoms with Gasteiger partial charge in [0.2, 0.25) is 0 Å². The quantitative estimate of drug-likeness (QED) is 0.164. The third-order valence-corrected chi connectivity index (χ3v) is 12.0. The monoisotopic (exact) mass is 672 g/mol. The van der Waals surface area contributed by atoms with Crippen LogP contribution in [-0.2, 0) is 5.41 Å². The van der Waals surface area contributed by atoms with Crippen molar-refractivity contribution in [1.29, 1.82) is 0 Å². The Kier molecular flexibility index (Phi) is 6.40. The van der Waals surface area contributed by atoms with Crippen molar-refractivity contribution >= 4 is 53.9 Å². The smallest absolute Gasteiger partial charge is 0.0159 e. The van der Waals surface area contributed by atoms with E-state index in [1.165, 1.54) is 109 Å². The van der Waals surface area contributed by atoms with Gasteiger partial charge in [-0.25, -0.2) is 0 Å². The van der Waals surface area contributed by atoms with Gasteiger partial charge in [-0.3, -0.25) is 0 Å². The van der Waals surface area contributed by atoms with Gasteiger partial charge in [0.15, 0.2) is 0 Å². The van der Waals surface area contributed by atoms with E-state index < -0.39 is 0 Å². The maximum absolute atomic E-state index is 2.41. The summed E-state index contributed by atoms with van der Waals surface area (Å²) in [6.07, 6.45) is 0. The number of hydrogen-bond donors (Lipinski definition) is 0. The van der Waals surface area contributed by atoms with Gasteiger partial charge in [-0.1, -0.05) is 159 Å². The van der Waals surface area contributed by atoms with E-state index >= 15 is 0 Å². The van der Waals surface area contributed by atoms with E-state index in [1.54, 1.807) is 0 Å². The fraction of sp³-hybridized carbons (Fsp3) is 0.0566. The van der Waals surface area contributed by atoms with Crippen molar-refractivity contribution in [3.63, 3.8) is 0 Å². The molecule has 1 aliphatic carbocycles. The van der Waals surface area contributed by atoms with Crippen LogP contribution in [0.3, 0.4) is 0 Å². The fourth-order valence-electron chi connectivity index (χ4n) is 9.18. The van der Waals surface area contributed by atoms with E-state index in [1.807, 2.05) is 0 Å². The van der Waals surface area contributed by atoms with E-state index in [0.29, 0.717) is 0 Å². The van der Waals surface area contributed by atoms with E-state index in [0.717, 1.165) is 0 Å². The minimum Gasteiger partial charge on any atom is -0.0619 e. The Hall–Kier alpha value is -6.50. The molecule has 0 radical (unpaired) electrons. The SMILES string of the molecule is CC1(C)c2ccccc2-c2ccc(-c3ccc4cc(-c5ccc6cc(-c7ccc8c9ccccc9c9ccccc9c8c7)ccc6c5)ccc4c3)cc21. The Morgan fingerprint density at radius 3 is 1.15 bits per heavy atom. The summed E-state index contributed by atoms with van der Waals surface area (Å²) in [5.74, 6) is 0. The normalized spacial score (nSPS) is 13.2. The van der Waals surface area contributed by atoms with Crippen molar-refractivity contribution in [2.75, 3.05) is 0 Å². The summed E-state index contributed by atoms with van der Waals surface area (Å²) < 4.78 is 0. The molecule has 10 aromatic carbocycles. The number of benzene rings is 10. The molecule has 0 heterocycles. The second kappa shape index (κ2) is 11.2. The molecule has 11 rings (SSSR count). The summed E-state index contributed by atoms with van der Waals surface area (Å²) in [5.41, 5.74) is 13.0. The van der Waals surface area contributed by atoms with Crippen LogP contribution in [0.4, 0.5) is 0 Å². The van der Waals surface area contributed by atoms with Gasteiger partial charge in [-0.05, 0) is 146 Å². The molecule has 1 aliphatic rings. The molecule has 0 heteroatoms. The van der Waals surface area contributed by atoms with E-state index in [9.17, 15) is 0 Å². The standard InChI is InChI=1S/C53H36/c1-53(2)51-14-8-7-13-48(51)49-26-24-42(32-52(49)53)40-22-20-36-28-34(16-18-38(36)30-40)33-15-17-37-29-39(21-19-35(37)27-33)41-23-25-47-45-11-4-3-9-43(45)44-10-5-6-12-46(44)50(47)31-41/h3-32H,1-2H3. The average molecular weight is 673 g/mol. The van der Waals surface area contributed by atoms with E-state index in [-0.39, 0.29) is 5.41 Å². The highest BCUT2D eigenvalue weighted by molar-refractivity contribution is 6.25. The molecule has 0 fully saturated rings.